The first kappa shape index (κ1) is 23.3. The molecule has 8 heteroatoms. The first-order chi connectivity index (χ1) is 17.0. The number of aryl methyl sites for hydroxylation is 1. The Balaban J connectivity index is 1.51. The largest absolute Gasteiger partial charge is 0.383 e. The summed E-state index contributed by atoms with van der Waals surface area (Å²) in [6.07, 6.45) is 0. The summed E-state index contributed by atoms with van der Waals surface area (Å²) in [6, 6.07) is 18.6. The van der Waals surface area contributed by atoms with Gasteiger partial charge in [-0.1, -0.05) is 54.1 Å². The van der Waals surface area contributed by atoms with E-state index < -0.39 is 0 Å². The lowest BCUT2D eigenvalue weighted by atomic mass is 10.1. The molecule has 182 valence electrons. The van der Waals surface area contributed by atoms with Gasteiger partial charge in [-0.3, -0.25) is 4.90 Å². The number of fused-ring (bicyclic) bond motifs is 1. The van der Waals surface area contributed by atoms with E-state index in [0.717, 1.165) is 67.4 Å². The van der Waals surface area contributed by atoms with Crippen LogP contribution in [0.3, 0.4) is 0 Å². The van der Waals surface area contributed by atoms with E-state index in [4.69, 9.17) is 20.8 Å². The number of nitrogens with zero attached hydrogens (tertiary/aromatic N) is 7. The van der Waals surface area contributed by atoms with Gasteiger partial charge < -0.3 is 15.5 Å². The van der Waals surface area contributed by atoms with Crippen molar-refractivity contribution in [2.45, 2.75) is 13.5 Å². The number of nitrogen functional groups attached to an aromatic ring is 1. The predicted molar refractivity (Wildman–Crippen MR) is 143 cm³/mol. The molecule has 4 aromatic rings. The Morgan fingerprint density at radius 2 is 1.71 bits per heavy atom. The van der Waals surface area contributed by atoms with Gasteiger partial charge in [0, 0.05) is 44.8 Å². The van der Waals surface area contributed by atoms with Crippen LogP contribution < -0.4 is 10.6 Å². The van der Waals surface area contributed by atoms with Crippen molar-refractivity contribution in [3.63, 3.8) is 0 Å². The van der Waals surface area contributed by atoms with E-state index >= 15 is 0 Å². The van der Waals surface area contributed by atoms with Gasteiger partial charge in [0.1, 0.15) is 5.82 Å². The molecule has 35 heavy (non-hydrogen) atoms. The van der Waals surface area contributed by atoms with Crippen LogP contribution in [0.1, 0.15) is 11.1 Å². The normalized spacial score (nSPS) is 14.8. The maximum absolute atomic E-state index is 6.66. The fourth-order valence-corrected chi connectivity index (χ4v) is 4.58. The molecule has 0 unspecified atom stereocenters. The second kappa shape index (κ2) is 10.0. The van der Waals surface area contributed by atoms with Gasteiger partial charge in [-0.15, -0.1) is 5.10 Å². The highest BCUT2D eigenvalue weighted by atomic mass is 15.4. The van der Waals surface area contributed by atoms with E-state index in [1.54, 1.807) is 0 Å². The van der Waals surface area contributed by atoms with Crippen LogP contribution in [0, 0.1) is 6.92 Å². The van der Waals surface area contributed by atoms with Crippen molar-refractivity contribution < 1.29 is 0 Å². The molecule has 1 aliphatic heterocycles. The van der Waals surface area contributed by atoms with Crippen LogP contribution in [0.5, 0.6) is 0 Å². The van der Waals surface area contributed by atoms with Gasteiger partial charge in [-0.05, 0) is 32.6 Å². The Morgan fingerprint density at radius 1 is 0.943 bits per heavy atom. The van der Waals surface area contributed by atoms with Gasteiger partial charge >= 0.3 is 0 Å². The van der Waals surface area contributed by atoms with Crippen LogP contribution in [0.15, 0.2) is 54.6 Å². The zero-order valence-electron chi connectivity index (χ0n) is 20.9. The quantitative estimate of drug-likeness (QED) is 0.445. The van der Waals surface area contributed by atoms with E-state index in [9.17, 15) is 0 Å². The Labute approximate surface area is 207 Å². The number of rotatable bonds is 7. The number of hydrogen-bond acceptors (Lipinski definition) is 7. The number of anilines is 2. The summed E-state index contributed by atoms with van der Waals surface area (Å²) < 4.78 is 1.84. The average molecular weight is 471 g/mol. The third-order valence-corrected chi connectivity index (χ3v) is 6.61. The molecule has 2 N–H and O–H groups in total. The highest BCUT2D eigenvalue weighted by molar-refractivity contribution is 5.99. The Kier molecular flexibility index (Phi) is 6.66. The van der Waals surface area contributed by atoms with Crippen LogP contribution in [0.4, 0.5) is 11.8 Å². The Morgan fingerprint density at radius 3 is 2.43 bits per heavy atom. The summed E-state index contributed by atoms with van der Waals surface area (Å²) in [5.41, 5.74) is 11.5. The smallest absolute Gasteiger partial charge is 0.228 e. The van der Waals surface area contributed by atoms with Gasteiger partial charge in [-0.2, -0.15) is 4.98 Å². The summed E-state index contributed by atoms with van der Waals surface area (Å²) in [5.74, 6) is 1.33. The minimum atomic E-state index is 0.593. The lowest BCUT2D eigenvalue weighted by Gasteiger charge is -2.35. The summed E-state index contributed by atoms with van der Waals surface area (Å²) in [4.78, 5) is 17.0. The average Bonchev–Trinajstić information content (AvgIpc) is 3.18. The van der Waals surface area contributed by atoms with Crippen molar-refractivity contribution in [1.82, 2.24) is 29.5 Å². The topological polar surface area (TPSA) is 79.3 Å². The number of piperazine rings is 1. The summed E-state index contributed by atoms with van der Waals surface area (Å²) in [7, 11) is 4.24. The molecule has 0 spiro atoms. The van der Waals surface area contributed by atoms with Crippen LogP contribution >= 0.6 is 0 Å². The maximum atomic E-state index is 6.66. The Hall–Kier alpha value is -3.49. The molecule has 8 nitrogen and oxygen atoms in total. The molecule has 5 rings (SSSR count). The molecule has 0 amide bonds. The molecule has 1 aliphatic rings. The fraction of sp³-hybridized carbons (Fsp3) is 0.370. The van der Waals surface area contributed by atoms with E-state index in [0.29, 0.717) is 18.0 Å². The van der Waals surface area contributed by atoms with Crippen molar-refractivity contribution in [2.24, 2.45) is 0 Å². The zero-order chi connectivity index (χ0) is 24.4. The molecular weight excluding hydrogens is 436 g/mol. The first-order valence-electron chi connectivity index (χ1n) is 12.2. The summed E-state index contributed by atoms with van der Waals surface area (Å²) >= 11 is 0. The van der Waals surface area contributed by atoms with Crippen LogP contribution in [-0.2, 0) is 6.54 Å². The number of hydrogen-bond donors (Lipinski definition) is 1. The summed E-state index contributed by atoms with van der Waals surface area (Å²) in [6.45, 7) is 8.62. The van der Waals surface area contributed by atoms with E-state index in [-0.39, 0.29) is 0 Å². The second-order valence-electron chi connectivity index (χ2n) is 9.60. The van der Waals surface area contributed by atoms with Crippen molar-refractivity contribution in [3.05, 3.63) is 65.7 Å². The van der Waals surface area contributed by atoms with Gasteiger partial charge in [0.15, 0.2) is 5.65 Å². The molecule has 0 bridgehead atoms. The fourth-order valence-electron chi connectivity index (χ4n) is 4.58. The standard InChI is InChI=1S/C27H34N8/c1-20-8-7-11-22(18-20)24-23-25(28)35(19-21-9-5-4-6-10-21)31-26(23)30-27(29-24)34-16-14-33(15-17-34)13-12-32(2)3/h4-11,18H,12-17,19,28H2,1-3H3. The van der Waals surface area contributed by atoms with E-state index in [2.05, 4.69) is 72.1 Å². The summed E-state index contributed by atoms with van der Waals surface area (Å²) in [5, 5.41) is 5.65. The van der Waals surface area contributed by atoms with Crippen LogP contribution in [-0.4, -0.2) is 82.9 Å². The van der Waals surface area contributed by atoms with E-state index in [1.165, 1.54) is 5.56 Å². The third kappa shape index (κ3) is 5.13. The number of benzene rings is 2. The molecular formula is C27H34N8. The van der Waals surface area contributed by atoms with Crippen molar-refractivity contribution in [1.29, 1.82) is 0 Å². The minimum absolute atomic E-state index is 0.593. The van der Waals surface area contributed by atoms with Gasteiger partial charge in [-0.25, -0.2) is 9.67 Å². The molecule has 0 radical (unpaired) electrons. The van der Waals surface area contributed by atoms with E-state index in [1.807, 2.05) is 22.9 Å². The number of likely N-dealkylation sites (N-methyl/N-ethyl adjacent to an activating group) is 1. The minimum Gasteiger partial charge on any atom is -0.383 e. The second-order valence-corrected chi connectivity index (χ2v) is 9.60. The molecule has 0 aliphatic carbocycles. The lowest BCUT2D eigenvalue weighted by Crippen LogP contribution is -2.48. The molecule has 2 aromatic carbocycles. The zero-order valence-corrected chi connectivity index (χ0v) is 20.9. The van der Waals surface area contributed by atoms with Crippen LogP contribution in [0.25, 0.3) is 22.3 Å². The molecule has 2 aromatic heterocycles. The Bertz CT molecular complexity index is 1290. The van der Waals surface area contributed by atoms with Gasteiger partial charge in [0.2, 0.25) is 5.95 Å². The van der Waals surface area contributed by atoms with Crippen molar-refractivity contribution >= 4 is 22.8 Å². The number of nitrogens with two attached hydrogens (primary N) is 1. The molecule has 3 heterocycles. The third-order valence-electron chi connectivity index (χ3n) is 6.61. The highest BCUT2D eigenvalue weighted by Gasteiger charge is 2.23. The SMILES string of the molecule is Cc1cccc(-c2nc(N3CCN(CCN(C)C)CC3)nc3nn(Cc4ccccc4)c(N)c23)c1. The maximum Gasteiger partial charge on any atom is 0.228 e. The molecule has 0 saturated carbocycles. The monoisotopic (exact) mass is 470 g/mol. The predicted octanol–water partition coefficient (Wildman–Crippen LogP) is 3.12. The first-order valence-corrected chi connectivity index (χ1v) is 12.2. The van der Waals surface area contributed by atoms with Gasteiger partial charge in [0.25, 0.3) is 0 Å². The van der Waals surface area contributed by atoms with Crippen molar-refractivity contribution in [2.75, 3.05) is 64.0 Å². The van der Waals surface area contributed by atoms with Crippen molar-refractivity contribution in [3.8, 4) is 11.3 Å². The molecule has 0 atom stereocenters. The molecule has 1 saturated heterocycles. The molecule has 1 fully saturated rings. The number of aromatic nitrogens is 4. The highest BCUT2D eigenvalue weighted by Crippen LogP contribution is 2.33. The van der Waals surface area contributed by atoms with Gasteiger partial charge in [0.05, 0.1) is 17.6 Å². The van der Waals surface area contributed by atoms with Crippen LogP contribution in [0.2, 0.25) is 0 Å². The lowest BCUT2D eigenvalue weighted by molar-refractivity contribution is 0.229.